The Balaban J connectivity index is 1.35. The molecule has 1 saturated carbocycles. The number of carbonyl (C=O) groups is 2. The highest BCUT2D eigenvalue weighted by atomic mass is 35.5. The molecule has 1 aromatic rings. The molecule has 6 heteroatoms. The van der Waals surface area contributed by atoms with E-state index in [1.54, 1.807) is 24.3 Å². The molecular formula is C21H28ClN3O2. The van der Waals surface area contributed by atoms with E-state index in [0.717, 1.165) is 19.4 Å². The lowest BCUT2D eigenvalue weighted by Gasteiger charge is -2.25. The molecular weight excluding hydrogens is 362 g/mol. The highest BCUT2D eigenvalue weighted by Gasteiger charge is 2.40. The molecule has 1 aliphatic carbocycles. The molecule has 0 bridgehead atoms. The zero-order chi connectivity index (χ0) is 18.8. The van der Waals surface area contributed by atoms with Crippen LogP contribution in [-0.4, -0.2) is 59.9 Å². The Morgan fingerprint density at radius 1 is 0.926 bits per heavy atom. The molecule has 5 nitrogen and oxygen atoms in total. The largest absolute Gasteiger partial charge is 0.340 e. The molecule has 4 rings (SSSR count). The van der Waals surface area contributed by atoms with E-state index < -0.39 is 0 Å². The van der Waals surface area contributed by atoms with Crippen LogP contribution in [0.1, 0.15) is 48.9 Å². The molecule has 2 heterocycles. The first-order valence-corrected chi connectivity index (χ1v) is 10.6. The van der Waals surface area contributed by atoms with Crippen molar-refractivity contribution in [2.75, 3.05) is 26.2 Å². The fraction of sp³-hybridized carbons (Fsp3) is 0.619. The summed E-state index contributed by atoms with van der Waals surface area (Å²) < 4.78 is 0. The van der Waals surface area contributed by atoms with Crippen LogP contribution in [0.2, 0.25) is 5.02 Å². The average Bonchev–Trinajstić information content (AvgIpc) is 2.97. The van der Waals surface area contributed by atoms with Crippen LogP contribution in [0.3, 0.4) is 0 Å². The first kappa shape index (κ1) is 18.8. The summed E-state index contributed by atoms with van der Waals surface area (Å²) in [7, 11) is 0. The Morgan fingerprint density at radius 3 is 2.41 bits per heavy atom. The SMILES string of the molecule is O=C(c1ccc(Cl)cc1)N1CCCN(C(=O)C2CC3CCCCC3N2)CC1. The molecule has 0 aromatic heterocycles. The Hall–Kier alpha value is -1.59. The summed E-state index contributed by atoms with van der Waals surface area (Å²) in [6.45, 7) is 2.63. The molecule has 146 valence electrons. The van der Waals surface area contributed by atoms with Gasteiger partial charge in [-0.25, -0.2) is 0 Å². The van der Waals surface area contributed by atoms with Gasteiger partial charge in [-0.2, -0.15) is 0 Å². The summed E-state index contributed by atoms with van der Waals surface area (Å²) in [6, 6.07) is 7.52. The lowest BCUT2D eigenvalue weighted by molar-refractivity contribution is -0.133. The van der Waals surface area contributed by atoms with Gasteiger partial charge < -0.3 is 15.1 Å². The molecule has 2 amide bonds. The highest BCUT2D eigenvalue weighted by molar-refractivity contribution is 6.30. The van der Waals surface area contributed by atoms with Crippen LogP contribution in [0.4, 0.5) is 0 Å². The maximum Gasteiger partial charge on any atom is 0.253 e. The molecule has 1 N–H and O–H groups in total. The van der Waals surface area contributed by atoms with Gasteiger partial charge in [-0.1, -0.05) is 24.4 Å². The molecule has 27 heavy (non-hydrogen) atoms. The van der Waals surface area contributed by atoms with E-state index in [0.29, 0.717) is 42.2 Å². The van der Waals surface area contributed by atoms with E-state index in [1.807, 2.05) is 9.80 Å². The minimum absolute atomic E-state index is 0.0194. The fourth-order valence-corrected chi connectivity index (χ4v) is 4.97. The van der Waals surface area contributed by atoms with Crippen molar-refractivity contribution >= 4 is 23.4 Å². The first-order valence-electron chi connectivity index (χ1n) is 10.2. The fourth-order valence-electron chi connectivity index (χ4n) is 4.85. The van der Waals surface area contributed by atoms with Gasteiger partial charge in [0.15, 0.2) is 0 Å². The van der Waals surface area contributed by atoms with Crippen molar-refractivity contribution in [3.05, 3.63) is 34.9 Å². The maximum absolute atomic E-state index is 13.0. The van der Waals surface area contributed by atoms with Crippen molar-refractivity contribution in [1.29, 1.82) is 0 Å². The minimum atomic E-state index is -0.0309. The van der Waals surface area contributed by atoms with Gasteiger partial charge in [0.05, 0.1) is 6.04 Å². The van der Waals surface area contributed by atoms with Gasteiger partial charge in [-0.15, -0.1) is 0 Å². The van der Waals surface area contributed by atoms with E-state index in [1.165, 1.54) is 25.7 Å². The molecule has 3 aliphatic rings. The van der Waals surface area contributed by atoms with Crippen LogP contribution in [0, 0.1) is 5.92 Å². The van der Waals surface area contributed by atoms with Gasteiger partial charge in [0.1, 0.15) is 0 Å². The monoisotopic (exact) mass is 389 g/mol. The van der Waals surface area contributed by atoms with E-state index in [4.69, 9.17) is 11.6 Å². The van der Waals surface area contributed by atoms with E-state index in [-0.39, 0.29) is 17.9 Å². The minimum Gasteiger partial charge on any atom is -0.340 e. The summed E-state index contributed by atoms with van der Waals surface area (Å²) in [5.41, 5.74) is 0.653. The van der Waals surface area contributed by atoms with Gasteiger partial charge >= 0.3 is 0 Å². The smallest absolute Gasteiger partial charge is 0.253 e. The number of hydrogen-bond acceptors (Lipinski definition) is 3. The highest BCUT2D eigenvalue weighted by Crippen LogP contribution is 2.33. The molecule has 3 unspecified atom stereocenters. The van der Waals surface area contributed by atoms with Crippen LogP contribution in [0.25, 0.3) is 0 Å². The third-order valence-electron chi connectivity index (χ3n) is 6.35. The lowest BCUT2D eigenvalue weighted by atomic mass is 9.85. The van der Waals surface area contributed by atoms with Crippen LogP contribution in [-0.2, 0) is 4.79 Å². The Kier molecular flexibility index (Phi) is 5.69. The van der Waals surface area contributed by atoms with Crippen LogP contribution < -0.4 is 5.32 Å². The van der Waals surface area contributed by atoms with Crippen molar-refractivity contribution < 1.29 is 9.59 Å². The van der Waals surface area contributed by atoms with Crippen LogP contribution >= 0.6 is 11.6 Å². The van der Waals surface area contributed by atoms with Gasteiger partial charge in [0.2, 0.25) is 5.91 Å². The third kappa shape index (κ3) is 4.14. The van der Waals surface area contributed by atoms with Crippen molar-refractivity contribution in [2.24, 2.45) is 5.92 Å². The molecule has 3 fully saturated rings. The van der Waals surface area contributed by atoms with Gasteiger partial charge in [-0.05, 0) is 55.9 Å². The molecule has 1 aromatic carbocycles. The Labute approximate surface area is 166 Å². The third-order valence-corrected chi connectivity index (χ3v) is 6.60. The summed E-state index contributed by atoms with van der Waals surface area (Å²) in [5, 5.41) is 4.22. The number of amides is 2. The summed E-state index contributed by atoms with van der Waals surface area (Å²) in [5.74, 6) is 0.916. The standard InChI is InChI=1S/C21H28ClN3O2/c22-17-8-6-15(7-9-17)20(26)24-10-3-11-25(13-12-24)21(27)19-14-16-4-1-2-5-18(16)23-19/h6-9,16,18-19,23H,1-5,10-14H2. The predicted octanol–water partition coefficient (Wildman–Crippen LogP) is 2.94. The number of rotatable bonds is 2. The zero-order valence-electron chi connectivity index (χ0n) is 15.7. The predicted molar refractivity (Wildman–Crippen MR) is 106 cm³/mol. The van der Waals surface area contributed by atoms with Crippen LogP contribution in [0.5, 0.6) is 0 Å². The number of carbonyl (C=O) groups excluding carboxylic acids is 2. The quantitative estimate of drug-likeness (QED) is 0.846. The Bertz CT molecular complexity index is 679. The van der Waals surface area contributed by atoms with Crippen molar-refractivity contribution in [3.63, 3.8) is 0 Å². The second-order valence-electron chi connectivity index (χ2n) is 8.08. The number of fused-ring (bicyclic) bond motifs is 1. The lowest BCUT2D eigenvalue weighted by Crippen LogP contribution is -2.46. The maximum atomic E-state index is 13.0. The van der Waals surface area contributed by atoms with Gasteiger partial charge in [0.25, 0.3) is 5.91 Å². The van der Waals surface area contributed by atoms with E-state index >= 15 is 0 Å². The first-order chi connectivity index (χ1) is 13.1. The van der Waals surface area contributed by atoms with Crippen molar-refractivity contribution in [2.45, 2.75) is 50.6 Å². The second-order valence-corrected chi connectivity index (χ2v) is 8.52. The summed E-state index contributed by atoms with van der Waals surface area (Å²) >= 11 is 5.91. The van der Waals surface area contributed by atoms with Crippen molar-refractivity contribution in [3.8, 4) is 0 Å². The normalized spacial score (nSPS) is 28.6. The zero-order valence-corrected chi connectivity index (χ0v) is 16.5. The average molecular weight is 390 g/mol. The van der Waals surface area contributed by atoms with Crippen molar-refractivity contribution in [1.82, 2.24) is 15.1 Å². The number of nitrogens with one attached hydrogen (secondary N) is 1. The van der Waals surface area contributed by atoms with Gasteiger partial charge in [-0.3, -0.25) is 9.59 Å². The molecule has 0 spiro atoms. The number of benzene rings is 1. The summed E-state index contributed by atoms with van der Waals surface area (Å²) in [6.07, 6.45) is 6.84. The van der Waals surface area contributed by atoms with Crippen LogP contribution in [0.15, 0.2) is 24.3 Å². The molecule has 0 radical (unpaired) electrons. The molecule has 3 atom stereocenters. The van der Waals surface area contributed by atoms with E-state index in [2.05, 4.69) is 5.32 Å². The number of nitrogens with zero attached hydrogens (tertiary/aromatic N) is 2. The number of halogens is 1. The topological polar surface area (TPSA) is 52.7 Å². The molecule has 2 saturated heterocycles. The van der Waals surface area contributed by atoms with Gasteiger partial charge in [0, 0.05) is 42.8 Å². The van der Waals surface area contributed by atoms with E-state index in [9.17, 15) is 9.59 Å². The Morgan fingerprint density at radius 2 is 1.63 bits per heavy atom. The summed E-state index contributed by atoms with van der Waals surface area (Å²) in [4.78, 5) is 29.6. The second kappa shape index (κ2) is 8.19. The molecule has 2 aliphatic heterocycles. The number of hydrogen-bond donors (Lipinski definition) is 1.